The monoisotopic (exact) mass is 269 g/mol. The van der Waals surface area contributed by atoms with Gasteiger partial charge in [0.05, 0.1) is 7.11 Å². The summed E-state index contributed by atoms with van der Waals surface area (Å²) in [6, 6.07) is 8.05. The van der Waals surface area contributed by atoms with Crippen molar-refractivity contribution in [2.75, 3.05) is 12.8 Å². The molecular weight excluding hydrogens is 250 g/mol. The number of anilines is 1. The van der Waals surface area contributed by atoms with Gasteiger partial charge in [0.25, 0.3) is 0 Å². The molecule has 3 N–H and O–H groups in total. The van der Waals surface area contributed by atoms with Crippen LogP contribution in [0.1, 0.15) is 30.9 Å². The lowest BCUT2D eigenvalue weighted by atomic mass is 9.99. The van der Waals surface area contributed by atoms with Gasteiger partial charge in [-0.1, -0.05) is 18.6 Å². The number of hydrogen-bond acceptors (Lipinski definition) is 3. The van der Waals surface area contributed by atoms with Crippen molar-refractivity contribution in [2.24, 2.45) is 11.8 Å². The number of ether oxygens (including phenoxy) is 1. The fourth-order valence-corrected chi connectivity index (χ4v) is 3.94. The number of nitrogens with zero attached hydrogens (tertiary/aromatic N) is 1. The molecule has 0 aliphatic heterocycles. The van der Waals surface area contributed by atoms with Crippen LogP contribution in [-0.4, -0.2) is 17.3 Å². The highest BCUT2D eigenvalue weighted by Gasteiger charge is 2.54. The Kier molecular flexibility index (Phi) is 2.52. The molecule has 2 unspecified atom stereocenters. The maximum atomic E-state index is 6.10. The number of aromatic nitrogens is 2. The molecule has 0 saturated heterocycles. The third-order valence-electron chi connectivity index (χ3n) is 4.92. The Morgan fingerprint density at radius 2 is 2.10 bits per heavy atom. The van der Waals surface area contributed by atoms with Crippen LogP contribution in [0.15, 0.2) is 24.3 Å². The average molecular weight is 269 g/mol. The number of methoxy groups -OCH3 is 1. The quantitative estimate of drug-likeness (QED) is 0.899. The first-order valence-electron chi connectivity index (χ1n) is 7.27. The zero-order valence-corrected chi connectivity index (χ0v) is 11.6. The van der Waals surface area contributed by atoms with E-state index in [0.717, 1.165) is 28.7 Å². The van der Waals surface area contributed by atoms with E-state index in [1.165, 1.54) is 25.0 Å². The standard InChI is InChI=1S/C16H19N3O/c1-20-10-5-2-4-9(8-10)13-15(18-19-16(13)17)14-11-6-3-7-12(11)14/h2,4-5,8,11-12,14H,3,6-7H2,1H3,(H3,17,18,19). The van der Waals surface area contributed by atoms with Gasteiger partial charge in [-0.2, -0.15) is 5.10 Å². The third-order valence-corrected chi connectivity index (χ3v) is 4.92. The Bertz CT molecular complexity index is 639. The van der Waals surface area contributed by atoms with Crippen LogP contribution >= 0.6 is 0 Å². The number of nitrogen functional groups attached to an aromatic ring is 1. The molecule has 0 spiro atoms. The Morgan fingerprint density at radius 1 is 1.30 bits per heavy atom. The average Bonchev–Trinajstić information content (AvgIpc) is 2.83. The molecular formula is C16H19N3O. The van der Waals surface area contributed by atoms with Crippen LogP contribution < -0.4 is 10.5 Å². The van der Waals surface area contributed by atoms with Gasteiger partial charge in [-0.05, 0) is 42.4 Å². The number of rotatable bonds is 3. The minimum absolute atomic E-state index is 0.596. The highest BCUT2D eigenvalue weighted by molar-refractivity contribution is 5.78. The van der Waals surface area contributed by atoms with Gasteiger partial charge in [-0.15, -0.1) is 0 Å². The molecule has 1 heterocycles. The first-order valence-corrected chi connectivity index (χ1v) is 7.27. The largest absolute Gasteiger partial charge is 0.497 e. The molecule has 104 valence electrons. The van der Waals surface area contributed by atoms with Crippen molar-refractivity contribution in [1.29, 1.82) is 0 Å². The Labute approximate surface area is 118 Å². The minimum Gasteiger partial charge on any atom is -0.497 e. The van der Waals surface area contributed by atoms with E-state index < -0.39 is 0 Å². The number of fused-ring (bicyclic) bond motifs is 1. The maximum Gasteiger partial charge on any atom is 0.153 e. The summed E-state index contributed by atoms with van der Waals surface area (Å²) in [5.74, 6) is 3.77. The zero-order chi connectivity index (χ0) is 13.7. The molecule has 4 heteroatoms. The van der Waals surface area contributed by atoms with Crippen molar-refractivity contribution in [2.45, 2.75) is 25.2 Å². The van der Waals surface area contributed by atoms with Crippen LogP contribution in [0.2, 0.25) is 0 Å². The summed E-state index contributed by atoms with van der Waals surface area (Å²) in [5, 5.41) is 7.43. The predicted octanol–water partition coefficient (Wildman–Crippen LogP) is 3.18. The van der Waals surface area contributed by atoms with Crippen LogP contribution in [-0.2, 0) is 0 Å². The third kappa shape index (κ3) is 1.64. The van der Waals surface area contributed by atoms with Crippen molar-refractivity contribution >= 4 is 5.82 Å². The van der Waals surface area contributed by atoms with E-state index in [1.807, 2.05) is 18.2 Å². The molecule has 0 amide bonds. The summed E-state index contributed by atoms with van der Waals surface area (Å²) in [7, 11) is 1.68. The van der Waals surface area contributed by atoms with Crippen molar-refractivity contribution in [3.63, 3.8) is 0 Å². The molecule has 1 aromatic heterocycles. The lowest BCUT2D eigenvalue weighted by Crippen LogP contribution is -1.94. The smallest absolute Gasteiger partial charge is 0.153 e. The zero-order valence-electron chi connectivity index (χ0n) is 11.6. The summed E-state index contributed by atoms with van der Waals surface area (Å²) >= 11 is 0. The van der Waals surface area contributed by atoms with Gasteiger partial charge in [0.1, 0.15) is 5.75 Å². The second kappa shape index (κ2) is 4.27. The summed E-state index contributed by atoms with van der Waals surface area (Å²) in [6.07, 6.45) is 4.08. The Morgan fingerprint density at radius 3 is 2.85 bits per heavy atom. The van der Waals surface area contributed by atoms with Gasteiger partial charge in [0, 0.05) is 17.2 Å². The number of benzene rings is 1. The number of hydrogen-bond donors (Lipinski definition) is 2. The molecule has 20 heavy (non-hydrogen) atoms. The van der Waals surface area contributed by atoms with E-state index in [4.69, 9.17) is 10.5 Å². The molecule has 1 aromatic carbocycles. The molecule has 2 aliphatic carbocycles. The Hall–Kier alpha value is -1.97. The summed E-state index contributed by atoms with van der Waals surface area (Å²) in [4.78, 5) is 0. The van der Waals surface area contributed by atoms with E-state index in [9.17, 15) is 0 Å². The minimum atomic E-state index is 0.596. The van der Waals surface area contributed by atoms with E-state index in [0.29, 0.717) is 11.7 Å². The second-order valence-corrected chi connectivity index (χ2v) is 5.91. The van der Waals surface area contributed by atoms with Gasteiger partial charge in [0.2, 0.25) is 0 Å². The van der Waals surface area contributed by atoms with Crippen molar-refractivity contribution in [3.05, 3.63) is 30.0 Å². The summed E-state index contributed by atoms with van der Waals surface area (Å²) in [6.45, 7) is 0. The topological polar surface area (TPSA) is 63.9 Å². The second-order valence-electron chi connectivity index (χ2n) is 5.91. The SMILES string of the molecule is COc1cccc(-c2c(N)n[nH]c2C2C3CCCC32)c1. The van der Waals surface area contributed by atoms with Crippen LogP contribution in [0, 0.1) is 11.8 Å². The number of H-pyrrole nitrogens is 1. The predicted molar refractivity (Wildman–Crippen MR) is 78.6 cm³/mol. The molecule has 2 saturated carbocycles. The van der Waals surface area contributed by atoms with Gasteiger partial charge in [-0.3, -0.25) is 5.10 Å². The lowest BCUT2D eigenvalue weighted by molar-refractivity contribution is 0.415. The van der Waals surface area contributed by atoms with E-state index in [-0.39, 0.29) is 0 Å². The highest BCUT2D eigenvalue weighted by Crippen LogP contribution is 2.64. The molecule has 0 bridgehead atoms. The maximum absolute atomic E-state index is 6.10. The number of aromatic amines is 1. The fourth-order valence-electron chi connectivity index (χ4n) is 3.94. The molecule has 4 nitrogen and oxygen atoms in total. The molecule has 2 atom stereocenters. The van der Waals surface area contributed by atoms with E-state index in [1.54, 1.807) is 7.11 Å². The number of nitrogens with two attached hydrogens (primary N) is 1. The van der Waals surface area contributed by atoms with Crippen molar-refractivity contribution < 1.29 is 4.74 Å². The lowest BCUT2D eigenvalue weighted by Gasteiger charge is -2.08. The fraction of sp³-hybridized carbons (Fsp3) is 0.438. The molecule has 0 radical (unpaired) electrons. The van der Waals surface area contributed by atoms with E-state index in [2.05, 4.69) is 16.3 Å². The highest BCUT2D eigenvalue weighted by atomic mass is 16.5. The van der Waals surface area contributed by atoms with Crippen molar-refractivity contribution in [1.82, 2.24) is 10.2 Å². The van der Waals surface area contributed by atoms with Gasteiger partial charge in [0.15, 0.2) is 5.82 Å². The number of nitrogens with one attached hydrogen (secondary N) is 1. The first kappa shape index (κ1) is 11.8. The van der Waals surface area contributed by atoms with Gasteiger partial charge in [-0.25, -0.2) is 0 Å². The molecule has 4 rings (SSSR count). The summed E-state index contributed by atoms with van der Waals surface area (Å²) < 4.78 is 5.31. The van der Waals surface area contributed by atoms with Gasteiger partial charge >= 0.3 is 0 Å². The van der Waals surface area contributed by atoms with Crippen LogP contribution in [0.25, 0.3) is 11.1 Å². The molecule has 2 aliphatic rings. The first-order chi connectivity index (χ1) is 9.79. The molecule has 2 aromatic rings. The molecule has 2 fully saturated rings. The van der Waals surface area contributed by atoms with E-state index >= 15 is 0 Å². The Balaban J connectivity index is 1.76. The van der Waals surface area contributed by atoms with Gasteiger partial charge < -0.3 is 10.5 Å². The summed E-state index contributed by atoms with van der Waals surface area (Å²) in [5.41, 5.74) is 9.49. The van der Waals surface area contributed by atoms with Crippen LogP contribution in [0.5, 0.6) is 5.75 Å². The van der Waals surface area contributed by atoms with Crippen LogP contribution in [0.4, 0.5) is 5.82 Å². The van der Waals surface area contributed by atoms with Crippen LogP contribution in [0.3, 0.4) is 0 Å². The van der Waals surface area contributed by atoms with Crippen molar-refractivity contribution in [3.8, 4) is 16.9 Å². The normalized spacial score (nSPS) is 27.4.